The van der Waals surface area contributed by atoms with Crippen molar-refractivity contribution in [2.45, 2.75) is 57.4 Å². The van der Waals surface area contributed by atoms with E-state index in [4.69, 9.17) is 24.5 Å². The molecule has 3 heterocycles. The van der Waals surface area contributed by atoms with Gasteiger partial charge in [-0.25, -0.2) is 28.1 Å². The van der Waals surface area contributed by atoms with Gasteiger partial charge in [0.2, 0.25) is 0 Å². The Morgan fingerprint density at radius 3 is 2.04 bits per heavy atom. The smallest absolute Gasteiger partial charge is 0.475 e. The predicted molar refractivity (Wildman–Crippen MR) is 142 cm³/mol. The van der Waals surface area contributed by atoms with Gasteiger partial charge in [-0.1, -0.05) is 0 Å². The van der Waals surface area contributed by atoms with E-state index in [9.17, 15) is 44.7 Å². The Morgan fingerprint density at radius 2 is 1.56 bits per heavy atom. The highest BCUT2D eigenvalue weighted by molar-refractivity contribution is 6.09. The van der Waals surface area contributed by atoms with Gasteiger partial charge in [-0.2, -0.15) is 26.3 Å². The Kier molecular flexibility index (Phi) is 11.3. The zero-order valence-electron chi connectivity index (χ0n) is 23.5. The Labute approximate surface area is 247 Å². The van der Waals surface area contributed by atoms with E-state index in [2.05, 4.69) is 15.3 Å². The van der Waals surface area contributed by atoms with E-state index in [0.717, 1.165) is 0 Å². The van der Waals surface area contributed by atoms with Gasteiger partial charge in [-0.15, -0.1) is 0 Å². The standard InChI is InChI=1S/C22H24F2N4O3.2C2HF3O2/c1-22(2,3)31-21(30)28-9-7-16(15(24)11-28)26-19-13-5-4-12(23)10-14(13)18-17(27-19)6-8-25-20(18)29;2*3-2(4,5)1(6)7/h4-6,8,10,15-16H,7,9,11H2,1-3H3,(H,25,29)(H,26,27);2*(H,6,7)/t15-,16-;;/m0../s1. The Morgan fingerprint density at radius 1 is 1.00 bits per heavy atom. The normalized spacial score (nSPS) is 17.0. The molecule has 0 radical (unpaired) electrons. The number of piperidine rings is 1. The van der Waals surface area contributed by atoms with Crippen LogP contribution in [0, 0.1) is 5.82 Å². The second-order valence-corrected chi connectivity index (χ2v) is 10.3. The number of carboxylic acids is 2. The zero-order chi connectivity index (χ0) is 34.5. The minimum atomic E-state index is -5.08. The quantitative estimate of drug-likeness (QED) is 0.213. The topological polar surface area (TPSA) is 162 Å². The Bertz CT molecular complexity index is 1580. The number of amides is 1. The van der Waals surface area contributed by atoms with Crippen molar-refractivity contribution in [3.05, 3.63) is 46.6 Å². The van der Waals surface area contributed by atoms with E-state index in [1.807, 2.05) is 0 Å². The van der Waals surface area contributed by atoms with Gasteiger partial charge in [0.1, 0.15) is 23.4 Å². The molecule has 1 aliphatic heterocycles. The molecule has 4 rings (SSSR count). The summed E-state index contributed by atoms with van der Waals surface area (Å²) in [6.45, 7) is 5.50. The van der Waals surface area contributed by atoms with Gasteiger partial charge in [0, 0.05) is 23.5 Å². The molecule has 4 N–H and O–H groups in total. The molecule has 45 heavy (non-hydrogen) atoms. The maximum Gasteiger partial charge on any atom is 0.490 e. The maximum atomic E-state index is 15.0. The largest absolute Gasteiger partial charge is 0.490 e. The molecule has 2 atom stereocenters. The molecule has 19 heteroatoms. The number of halogens is 8. The number of carbonyl (C=O) groups is 3. The first kappa shape index (κ1) is 36.5. The molecular formula is C26H26F8N4O7. The molecule has 2 aromatic heterocycles. The van der Waals surface area contributed by atoms with Crippen LogP contribution in [0.4, 0.5) is 45.7 Å². The summed E-state index contributed by atoms with van der Waals surface area (Å²) in [5, 5.41) is 18.6. The second-order valence-electron chi connectivity index (χ2n) is 10.3. The van der Waals surface area contributed by atoms with Crippen LogP contribution in [0.3, 0.4) is 0 Å². The Hall–Kier alpha value is -4.71. The molecule has 3 aromatic rings. The van der Waals surface area contributed by atoms with E-state index in [1.165, 1.54) is 29.3 Å². The number of ether oxygens (including phenoxy) is 1. The van der Waals surface area contributed by atoms with Crippen molar-refractivity contribution in [1.29, 1.82) is 0 Å². The van der Waals surface area contributed by atoms with Gasteiger partial charge in [0.25, 0.3) is 5.56 Å². The lowest BCUT2D eigenvalue weighted by molar-refractivity contribution is -0.193. The van der Waals surface area contributed by atoms with Gasteiger partial charge in [-0.05, 0) is 51.5 Å². The highest BCUT2D eigenvalue weighted by Gasteiger charge is 2.39. The van der Waals surface area contributed by atoms with Crippen LogP contribution in [0.2, 0.25) is 0 Å². The van der Waals surface area contributed by atoms with Gasteiger partial charge < -0.3 is 30.2 Å². The van der Waals surface area contributed by atoms with Crippen LogP contribution in [0.5, 0.6) is 0 Å². The van der Waals surface area contributed by atoms with E-state index in [1.54, 1.807) is 26.8 Å². The molecule has 0 saturated carbocycles. The number of carboxylic acid groups (broad SMARTS) is 2. The number of hydrogen-bond acceptors (Lipinski definition) is 7. The average Bonchev–Trinajstić information content (AvgIpc) is 2.88. The number of carbonyl (C=O) groups excluding carboxylic acids is 1. The number of fused-ring (bicyclic) bond motifs is 3. The number of hydrogen-bond donors (Lipinski definition) is 4. The molecule has 1 saturated heterocycles. The molecular weight excluding hydrogens is 632 g/mol. The number of aliphatic carboxylic acids is 2. The molecule has 11 nitrogen and oxygen atoms in total. The lowest BCUT2D eigenvalue weighted by atomic mass is 10.0. The number of anilines is 1. The second kappa shape index (κ2) is 13.9. The summed E-state index contributed by atoms with van der Waals surface area (Å²) >= 11 is 0. The van der Waals surface area contributed by atoms with E-state index in [0.29, 0.717) is 35.1 Å². The molecule has 248 valence electrons. The molecule has 1 amide bonds. The first-order valence-electron chi connectivity index (χ1n) is 12.6. The number of aromatic nitrogens is 2. The lowest BCUT2D eigenvalue weighted by Gasteiger charge is -2.36. The number of nitrogens with one attached hydrogen (secondary N) is 2. The van der Waals surface area contributed by atoms with Crippen LogP contribution >= 0.6 is 0 Å². The third kappa shape index (κ3) is 10.5. The average molecular weight is 658 g/mol. The van der Waals surface area contributed by atoms with Gasteiger partial charge in [0.05, 0.1) is 23.5 Å². The molecule has 0 bridgehead atoms. The fourth-order valence-electron chi connectivity index (χ4n) is 3.78. The number of nitrogens with zero attached hydrogens (tertiary/aromatic N) is 2. The van der Waals surface area contributed by atoms with Crippen molar-refractivity contribution in [1.82, 2.24) is 14.9 Å². The third-order valence-corrected chi connectivity index (χ3v) is 5.68. The van der Waals surface area contributed by atoms with E-state index >= 15 is 0 Å². The van der Waals surface area contributed by atoms with Crippen molar-refractivity contribution in [2.24, 2.45) is 0 Å². The predicted octanol–water partition coefficient (Wildman–Crippen LogP) is 5.24. The van der Waals surface area contributed by atoms with Crippen molar-refractivity contribution in [3.8, 4) is 0 Å². The van der Waals surface area contributed by atoms with Crippen LogP contribution in [-0.2, 0) is 14.3 Å². The fourth-order valence-corrected chi connectivity index (χ4v) is 3.78. The zero-order valence-corrected chi connectivity index (χ0v) is 23.5. The summed E-state index contributed by atoms with van der Waals surface area (Å²) in [6.07, 6.45) is -10.3. The highest BCUT2D eigenvalue weighted by atomic mass is 19.4. The summed E-state index contributed by atoms with van der Waals surface area (Å²) in [5.41, 5.74) is -0.647. The summed E-state index contributed by atoms with van der Waals surface area (Å²) in [4.78, 5) is 50.8. The molecule has 0 unspecified atom stereocenters. The van der Waals surface area contributed by atoms with E-state index in [-0.39, 0.29) is 17.5 Å². The minimum Gasteiger partial charge on any atom is -0.475 e. The van der Waals surface area contributed by atoms with Crippen LogP contribution in [0.15, 0.2) is 35.3 Å². The van der Waals surface area contributed by atoms with Crippen molar-refractivity contribution >= 4 is 45.5 Å². The lowest BCUT2D eigenvalue weighted by Crippen LogP contribution is -2.51. The molecule has 0 spiro atoms. The van der Waals surface area contributed by atoms with Crippen LogP contribution in [0.1, 0.15) is 27.2 Å². The maximum absolute atomic E-state index is 15.0. The summed E-state index contributed by atoms with van der Waals surface area (Å²) in [6, 6.07) is 5.09. The van der Waals surface area contributed by atoms with Crippen LogP contribution in [-0.4, -0.2) is 86.4 Å². The van der Waals surface area contributed by atoms with Crippen LogP contribution in [0.25, 0.3) is 21.7 Å². The third-order valence-electron chi connectivity index (χ3n) is 5.68. The van der Waals surface area contributed by atoms with Gasteiger partial charge in [0.15, 0.2) is 0 Å². The fraction of sp³-hybridized carbons (Fsp3) is 0.423. The Balaban J connectivity index is 0.000000421. The SMILES string of the molecule is CC(C)(C)OC(=O)N1CC[C@H](Nc2nc3cc[nH]c(=O)c3c3cc(F)ccc23)[C@@H](F)C1.O=C(O)C(F)(F)F.O=C(O)C(F)(F)F. The van der Waals surface area contributed by atoms with Gasteiger partial charge >= 0.3 is 30.4 Å². The number of alkyl halides is 7. The number of rotatable bonds is 2. The first-order valence-corrected chi connectivity index (χ1v) is 12.6. The monoisotopic (exact) mass is 658 g/mol. The summed E-state index contributed by atoms with van der Waals surface area (Å²) in [7, 11) is 0. The molecule has 1 fully saturated rings. The number of H-pyrrole nitrogens is 1. The highest BCUT2D eigenvalue weighted by Crippen LogP contribution is 2.30. The van der Waals surface area contributed by atoms with E-state index < -0.39 is 54.0 Å². The number of benzene rings is 1. The van der Waals surface area contributed by atoms with Crippen molar-refractivity contribution in [3.63, 3.8) is 0 Å². The number of pyridine rings is 2. The summed E-state index contributed by atoms with van der Waals surface area (Å²) in [5.74, 6) is -5.63. The van der Waals surface area contributed by atoms with Crippen LogP contribution < -0.4 is 10.9 Å². The first-order chi connectivity index (χ1) is 20.5. The number of aromatic amines is 1. The summed E-state index contributed by atoms with van der Waals surface area (Å²) < 4.78 is 97.7. The number of likely N-dealkylation sites (tertiary alicyclic amines) is 1. The molecule has 0 aliphatic carbocycles. The molecule has 1 aliphatic rings. The minimum absolute atomic E-state index is 0.105. The van der Waals surface area contributed by atoms with Crippen molar-refractivity contribution in [2.75, 3.05) is 18.4 Å². The van der Waals surface area contributed by atoms with Gasteiger partial charge in [-0.3, -0.25) is 4.79 Å². The molecule has 1 aromatic carbocycles. The van der Waals surface area contributed by atoms with Crippen molar-refractivity contribution < 1.29 is 64.5 Å².